The number of hydrogen-bond donors (Lipinski definition) is 2. The Balaban J connectivity index is 2.18. The second kappa shape index (κ2) is 8.18. The van der Waals surface area contributed by atoms with Gasteiger partial charge in [0.1, 0.15) is 5.75 Å². The zero-order chi connectivity index (χ0) is 14.1. The van der Waals surface area contributed by atoms with E-state index in [2.05, 4.69) is 26.1 Å². The molecule has 0 spiro atoms. The Kier molecular flexibility index (Phi) is 6.89. The number of aliphatic hydroxyl groups is 1. The van der Waals surface area contributed by atoms with Gasteiger partial charge in [0.25, 0.3) is 0 Å². The maximum Gasteiger partial charge on any atom is 0.119 e. The average molecular weight is 265 g/mol. The third kappa shape index (κ3) is 6.60. The van der Waals surface area contributed by atoms with Gasteiger partial charge in [-0.25, -0.2) is 0 Å². The predicted octanol–water partition coefficient (Wildman–Crippen LogP) is 2.84. The second-order valence-electron chi connectivity index (χ2n) is 5.90. The third-order valence-electron chi connectivity index (χ3n) is 3.19. The molecule has 0 radical (unpaired) electrons. The van der Waals surface area contributed by atoms with E-state index in [-0.39, 0.29) is 12.0 Å². The lowest BCUT2D eigenvalue weighted by atomic mass is 9.85. The summed E-state index contributed by atoms with van der Waals surface area (Å²) in [5.74, 6) is 0.922. The Labute approximate surface area is 117 Å². The first-order valence-corrected chi connectivity index (χ1v) is 7.06. The van der Waals surface area contributed by atoms with Crippen molar-refractivity contribution in [3.05, 3.63) is 30.3 Å². The van der Waals surface area contributed by atoms with Crippen molar-refractivity contribution >= 4 is 0 Å². The van der Waals surface area contributed by atoms with Crippen molar-refractivity contribution in [2.75, 3.05) is 19.8 Å². The van der Waals surface area contributed by atoms with Crippen molar-refractivity contribution in [3.8, 4) is 5.75 Å². The van der Waals surface area contributed by atoms with Crippen LogP contribution in [-0.2, 0) is 0 Å². The number of rotatable bonds is 8. The SMILES string of the molecule is CC(C)(C)C(CCO)NCCCOc1ccccc1. The van der Waals surface area contributed by atoms with Gasteiger partial charge < -0.3 is 15.2 Å². The van der Waals surface area contributed by atoms with Crippen LogP contribution in [0.2, 0.25) is 0 Å². The number of nitrogens with one attached hydrogen (secondary N) is 1. The first-order valence-electron chi connectivity index (χ1n) is 7.06. The van der Waals surface area contributed by atoms with E-state index in [1.54, 1.807) is 0 Å². The molecule has 0 saturated heterocycles. The number of aliphatic hydroxyl groups excluding tert-OH is 1. The maximum atomic E-state index is 9.09. The van der Waals surface area contributed by atoms with E-state index in [1.165, 1.54) is 0 Å². The molecule has 2 N–H and O–H groups in total. The van der Waals surface area contributed by atoms with Crippen LogP contribution in [0.4, 0.5) is 0 Å². The van der Waals surface area contributed by atoms with E-state index < -0.39 is 0 Å². The van der Waals surface area contributed by atoms with Crippen LogP contribution in [0.3, 0.4) is 0 Å². The molecule has 1 unspecified atom stereocenters. The smallest absolute Gasteiger partial charge is 0.119 e. The summed E-state index contributed by atoms with van der Waals surface area (Å²) in [6.07, 6.45) is 1.76. The van der Waals surface area contributed by atoms with Crippen LogP contribution >= 0.6 is 0 Å². The Morgan fingerprint density at radius 3 is 2.47 bits per heavy atom. The zero-order valence-electron chi connectivity index (χ0n) is 12.4. The minimum absolute atomic E-state index is 0.170. The Morgan fingerprint density at radius 1 is 1.21 bits per heavy atom. The minimum atomic E-state index is 0.170. The molecule has 1 aromatic rings. The number of ether oxygens (including phenoxy) is 1. The summed E-state index contributed by atoms with van der Waals surface area (Å²) >= 11 is 0. The van der Waals surface area contributed by atoms with E-state index >= 15 is 0 Å². The van der Waals surface area contributed by atoms with Gasteiger partial charge in [0, 0.05) is 12.6 Å². The van der Waals surface area contributed by atoms with Crippen LogP contribution in [0, 0.1) is 5.41 Å². The fourth-order valence-corrected chi connectivity index (χ4v) is 2.03. The van der Waals surface area contributed by atoms with Crippen molar-refractivity contribution < 1.29 is 9.84 Å². The van der Waals surface area contributed by atoms with Crippen LogP contribution in [0.5, 0.6) is 5.75 Å². The van der Waals surface area contributed by atoms with Crippen molar-refractivity contribution in [3.63, 3.8) is 0 Å². The Bertz CT molecular complexity index is 332. The summed E-state index contributed by atoms with van der Waals surface area (Å²) in [6.45, 7) is 8.44. The molecular weight excluding hydrogens is 238 g/mol. The molecule has 0 bridgehead atoms. The van der Waals surface area contributed by atoms with Crippen LogP contribution in [-0.4, -0.2) is 30.9 Å². The minimum Gasteiger partial charge on any atom is -0.494 e. The lowest BCUT2D eigenvalue weighted by Gasteiger charge is -2.31. The molecule has 108 valence electrons. The van der Waals surface area contributed by atoms with E-state index in [0.29, 0.717) is 12.6 Å². The highest BCUT2D eigenvalue weighted by molar-refractivity contribution is 5.20. The molecular formula is C16H27NO2. The fourth-order valence-electron chi connectivity index (χ4n) is 2.03. The predicted molar refractivity (Wildman–Crippen MR) is 79.5 cm³/mol. The van der Waals surface area contributed by atoms with Crippen molar-refractivity contribution in [1.29, 1.82) is 0 Å². The van der Waals surface area contributed by atoms with Gasteiger partial charge in [-0.05, 0) is 36.9 Å². The second-order valence-corrected chi connectivity index (χ2v) is 5.90. The van der Waals surface area contributed by atoms with Crippen LogP contribution in [0.1, 0.15) is 33.6 Å². The van der Waals surface area contributed by atoms with Gasteiger partial charge >= 0.3 is 0 Å². The monoisotopic (exact) mass is 265 g/mol. The molecule has 0 aromatic heterocycles. The van der Waals surface area contributed by atoms with Gasteiger partial charge in [0.15, 0.2) is 0 Å². The highest BCUT2D eigenvalue weighted by Gasteiger charge is 2.22. The summed E-state index contributed by atoms with van der Waals surface area (Å²) in [4.78, 5) is 0. The van der Waals surface area contributed by atoms with Crippen LogP contribution in [0.15, 0.2) is 30.3 Å². The van der Waals surface area contributed by atoms with E-state index in [0.717, 1.165) is 25.1 Å². The first-order chi connectivity index (χ1) is 9.04. The maximum absolute atomic E-state index is 9.09. The molecule has 0 fully saturated rings. The van der Waals surface area contributed by atoms with E-state index in [9.17, 15) is 0 Å². The molecule has 1 atom stereocenters. The number of para-hydroxylation sites is 1. The first kappa shape index (κ1) is 16.0. The normalized spacial score (nSPS) is 13.3. The number of hydrogen-bond acceptors (Lipinski definition) is 3. The molecule has 0 saturated carbocycles. The lowest BCUT2D eigenvalue weighted by molar-refractivity contribution is 0.194. The molecule has 3 heteroatoms. The molecule has 0 heterocycles. The largest absolute Gasteiger partial charge is 0.494 e. The molecule has 3 nitrogen and oxygen atoms in total. The van der Waals surface area contributed by atoms with Gasteiger partial charge in [-0.2, -0.15) is 0 Å². The summed E-state index contributed by atoms with van der Waals surface area (Å²) < 4.78 is 5.64. The van der Waals surface area contributed by atoms with Crippen molar-refractivity contribution in [1.82, 2.24) is 5.32 Å². The molecule has 1 aromatic carbocycles. The summed E-state index contributed by atoms with van der Waals surface area (Å²) in [7, 11) is 0. The Morgan fingerprint density at radius 2 is 1.89 bits per heavy atom. The molecule has 0 aliphatic carbocycles. The quantitative estimate of drug-likeness (QED) is 0.710. The van der Waals surface area contributed by atoms with Gasteiger partial charge in [-0.1, -0.05) is 39.0 Å². The van der Waals surface area contributed by atoms with Crippen LogP contribution in [0.25, 0.3) is 0 Å². The van der Waals surface area contributed by atoms with Gasteiger partial charge in [0.05, 0.1) is 6.61 Å². The van der Waals surface area contributed by atoms with Gasteiger partial charge in [-0.15, -0.1) is 0 Å². The van der Waals surface area contributed by atoms with E-state index in [4.69, 9.17) is 9.84 Å². The highest BCUT2D eigenvalue weighted by atomic mass is 16.5. The van der Waals surface area contributed by atoms with E-state index in [1.807, 2.05) is 30.3 Å². The summed E-state index contributed by atoms with van der Waals surface area (Å²) in [5, 5.41) is 12.6. The van der Waals surface area contributed by atoms with Crippen molar-refractivity contribution in [2.45, 2.75) is 39.7 Å². The molecule has 1 rings (SSSR count). The fraction of sp³-hybridized carbons (Fsp3) is 0.625. The average Bonchev–Trinajstić information content (AvgIpc) is 2.37. The van der Waals surface area contributed by atoms with Gasteiger partial charge in [0.2, 0.25) is 0 Å². The number of benzene rings is 1. The topological polar surface area (TPSA) is 41.5 Å². The summed E-state index contributed by atoms with van der Waals surface area (Å²) in [6, 6.07) is 10.2. The Hall–Kier alpha value is -1.06. The standard InChI is InChI=1S/C16H27NO2/c1-16(2,3)15(10-12-18)17-11-7-13-19-14-8-5-4-6-9-14/h4-6,8-9,15,17-18H,7,10-13H2,1-3H3. The van der Waals surface area contributed by atoms with Crippen molar-refractivity contribution in [2.24, 2.45) is 5.41 Å². The van der Waals surface area contributed by atoms with Crippen LogP contribution < -0.4 is 10.1 Å². The zero-order valence-corrected chi connectivity index (χ0v) is 12.4. The van der Waals surface area contributed by atoms with Gasteiger partial charge in [-0.3, -0.25) is 0 Å². The molecule has 0 aliphatic heterocycles. The third-order valence-corrected chi connectivity index (χ3v) is 3.19. The molecule has 19 heavy (non-hydrogen) atoms. The highest BCUT2D eigenvalue weighted by Crippen LogP contribution is 2.21. The summed E-state index contributed by atoms with van der Waals surface area (Å²) in [5.41, 5.74) is 0.170. The lowest BCUT2D eigenvalue weighted by Crippen LogP contribution is -2.41. The molecule has 0 amide bonds. The molecule has 0 aliphatic rings.